The zero-order valence-corrected chi connectivity index (χ0v) is 16.2. The summed E-state index contributed by atoms with van der Waals surface area (Å²) in [5.74, 6) is 0.831. The summed E-state index contributed by atoms with van der Waals surface area (Å²) < 4.78 is 1.69. The Hall–Kier alpha value is -2.17. The number of aromatic nitrogens is 3. The van der Waals surface area contributed by atoms with Crippen molar-refractivity contribution in [2.24, 2.45) is 18.9 Å². The molecule has 1 amide bonds. The maximum atomic E-state index is 12.8. The van der Waals surface area contributed by atoms with Crippen molar-refractivity contribution in [3.63, 3.8) is 0 Å². The lowest BCUT2D eigenvalue weighted by Gasteiger charge is -2.17. The Morgan fingerprint density at radius 1 is 1.33 bits per heavy atom. The van der Waals surface area contributed by atoms with Gasteiger partial charge in [-0.3, -0.25) is 14.9 Å². The lowest BCUT2D eigenvalue weighted by Crippen LogP contribution is -2.31. The maximum Gasteiger partial charge on any atom is 0.284 e. The van der Waals surface area contributed by atoms with Crippen LogP contribution in [0.5, 0.6) is 0 Å². The van der Waals surface area contributed by atoms with Crippen molar-refractivity contribution >= 4 is 35.8 Å². The molecule has 2 aromatic rings. The van der Waals surface area contributed by atoms with Crippen LogP contribution in [-0.4, -0.2) is 56.7 Å². The molecule has 1 aromatic heterocycles. The molecule has 0 unspecified atom stereocenters. The van der Waals surface area contributed by atoms with Crippen molar-refractivity contribution in [2.75, 3.05) is 26.2 Å². The minimum Gasteiger partial charge on any atom is -0.338 e. The first-order chi connectivity index (χ1) is 12.5. The Bertz CT molecular complexity index is 864. The van der Waals surface area contributed by atoms with E-state index in [1.54, 1.807) is 23.7 Å². The van der Waals surface area contributed by atoms with E-state index >= 15 is 0 Å². The first-order valence-corrected chi connectivity index (χ1v) is 9.15. The quantitative estimate of drug-likeness (QED) is 0.602. The lowest BCUT2D eigenvalue weighted by molar-refractivity contribution is -0.387. The Kier molecular flexibility index (Phi) is 5.68. The number of halogens is 1. The standard InChI is InChI=1S/C16H18N6O3S.ClH/c1-20-9-18-19-16(20)26-14-3-2-10(4-13(14)22(24)25)15(23)21-7-11-5-17-6-12(11)8-21;/h2-4,9,11-12,17H,5-8H2,1H3;1H/t11-,12+;. The van der Waals surface area contributed by atoms with Gasteiger partial charge in [0, 0.05) is 44.9 Å². The summed E-state index contributed by atoms with van der Waals surface area (Å²) in [7, 11) is 1.77. The summed E-state index contributed by atoms with van der Waals surface area (Å²) in [5.41, 5.74) is 0.261. The number of carbonyl (C=O) groups is 1. The fourth-order valence-electron chi connectivity index (χ4n) is 3.55. The average Bonchev–Trinajstić information content (AvgIpc) is 3.31. The van der Waals surface area contributed by atoms with Crippen molar-refractivity contribution in [3.05, 3.63) is 40.2 Å². The molecule has 0 saturated carbocycles. The third kappa shape index (κ3) is 3.78. The molecule has 2 fully saturated rings. The minimum atomic E-state index is -0.460. The van der Waals surface area contributed by atoms with E-state index in [0.29, 0.717) is 40.5 Å². The highest BCUT2D eigenvalue weighted by atomic mass is 35.5. The molecule has 11 heteroatoms. The summed E-state index contributed by atoms with van der Waals surface area (Å²) in [5, 5.41) is 23.1. The molecule has 2 atom stereocenters. The first-order valence-electron chi connectivity index (χ1n) is 8.33. The van der Waals surface area contributed by atoms with Gasteiger partial charge < -0.3 is 14.8 Å². The number of amides is 1. The first kappa shape index (κ1) is 19.6. The van der Waals surface area contributed by atoms with Crippen LogP contribution in [0, 0.1) is 22.0 Å². The molecule has 0 radical (unpaired) electrons. The Morgan fingerprint density at radius 3 is 2.63 bits per heavy atom. The topological polar surface area (TPSA) is 106 Å². The molecule has 0 spiro atoms. The molecular weight excluding hydrogens is 392 g/mol. The molecular formula is C16H19ClN6O3S. The fourth-order valence-corrected chi connectivity index (χ4v) is 4.40. The summed E-state index contributed by atoms with van der Waals surface area (Å²) in [4.78, 5) is 26.1. The van der Waals surface area contributed by atoms with Crippen LogP contribution in [0.25, 0.3) is 0 Å². The van der Waals surface area contributed by atoms with Gasteiger partial charge in [-0.15, -0.1) is 22.6 Å². The van der Waals surface area contributed by atoms with Crippen LogP contribution in [0.2, 0.25) is 0 Å². The van der Waals surface area contributed by atoms with Gasteiger partial charge in [-0.25, -0.2) is 0 Å². The van der Waals surface area contributed by atoms with E-state index < -0.39 is 4.92 Å². The molecule has 1 N–H and O–H groups in total. The molecule has 0 bridgehead atoms. The monoisotopic (exact) mass is 410 g/mol. The van der Waals surface area contributed by atoms with E-state index in [2.05, 4.69) is 15.5 Å². The second kappa shape index (κ2) is 7.83. The number of likely N-dealkylation sites (tertiary alicyclic amines) is 1. The predicted molar refractivity (Wildman–Crippen MR) is 101 cm³/mol. The minimum absolute atomic E-state index is 0. The summed E-state index contributed by atoms with van der Waals surface area (Å²) in [6.45, 7) is 3.28. The van der Waals surface area contributed by atoms with Crippen molar-refractivity contribution in [1.29, 1.82) is 0 Å². The molecule has 9 nitrogen and oxygen atoms in total. The lowest BCUT2D eigenvalue weighted by atomic mass is 10.0. The van der Waals surface area contributed by atoms with E-state index in [4.69, 9.17) is 0 Å². The van der Waals surface area contributed by atoms with Crippen LogP contribution >= 0.6 is 24.2 Å². The molecule has 1 aromatic carbocycles. The van der Waals surface area contributed by atoms with Crippen LogP contribution in [0.1, 0.15) is 10.4 Å². The molecule has 27 heavy (non-hydrogen) atoms. The molecule has 3 heterocycles. The predicted octanol–water partition coefficient (Wildman–Crippen LogP) is 1.59. The van der Waals surface area contributed by atoms with Gasteiger partial charge in [-0.05, 0) is 35.7 Å². The summed E-state index contributed by atoms with van der Waals surface area (Å²) in [6, 6.07) is 4.64. The van der Waals surface area contributed by atoms with Crippen molar-refractivity contribution in [3.8, 4) is 0 Å². The number of rotatable bonds is 4. The zero-order valence-electron chi connectivity index (χ0n) is 14.6. The SMILES string of the molecule is Cl.Cn1cnnc1Sc1ccc(C(=O)N2C[C@H]3CNC[C@H]3C2)cc1[N+](=O)[O-]. The highest BCUT2D eigenvalue weighted by Gasteiger charge is 2.38. The third-order valence-electron chi connectivity index (χ3n) is 4.95. The van der Waals surface area contributed by atoms with Crippen LogP contribution in [-0.2, 0) is 7.05 Å². The summed E-state index contributed by atoms with van der Waals surface area (Å²) in [6.07, 6.45) is 1.53. The van der Waals surface area contributed by atoms with Crippen LogP contribution in [0.15, 0.2) is 34.6 Å². The zero-order chi connectivity index (χ0) is 18.3. The van der Waals surface area contributed by atoms with Gasteiger partial charge in [-0.2, -0.15) is 0 Å². The third-order valence-corrected chi connectivity index (χ3v) is 6.07. The second-order valence-corrected chi connectivity index (χ2v) is 7.66. The number of nitro groups is 1. The number of aryl methyl sites for hydroxylation is 1. The van der Waals surface area contributed by atoms with E-state index in [9.17, 15) is 14.9 Å². The number of benzene rings is 1. The normalized spacial score (nSPS) is 21.0. The van der Waals surface area contributed by atoms with E-state index in [1.165, 1.54) is 12.4 Å². The highest BCUT2D eigenvalue weighted by Crippen LogP contribution is 2.35. The van der Waals surface area contributed by atoms with Crippen molar-refractivity contribution in [2.45, 2.75) is 10.1 Å². The smallest absolute Gasteiger partial charge is 0.284 e. The number of hydrogen-bond acceptors (Lipinski definition) is 7. The fraction of sp³-hybridized carbons (Fsp3) is 0.438. The maximum absolute atomic E-state index is 12.8. The van der Waals surface area contributed by atoms with Gasteiger partial charge in [0.05, 0.1) is 9.82 Å². The van der Waals surface area contributed by atoms with E-state index in [-0.39, 0.29) is 24.0 Å². The number of nitrogens with one attached hydrogen (secondary N) is 1. The Morgan fingerprint density at radius 2 is 2.04 bits per heavy atom. The largest absolute Gasteiger partial charge is 0.338 e. The van der Waals surface area contributed by atoms with E-state index in [1.807, 2.05) is 4.90 Å². The van der Waals surface area contributed by atoms with Gasteiger partial charge in [-0.1, -0.05) is 0 Å². The van der Waals surface area contributed by atoms with Gasteiger partial charge in [0.15, 0.2) is 5.16 Å². The second-order valence-electron chi connectivity index (χ2n) is 6.65. The van der Waals surface area contributed by atoms with Gasteiger partial charge in [0.1, 0.15) is 6.33 Å². The molecule has 0 aliphatic carbocycles. The Labute approximate surface area is 166 Å². The molecule has 2 aliphatic heterocycles. The van der Waals surface area contributed by atoms with Crippen molar-refractivity contribution < 1.29 is 9.72 Å². The molecule has 2 saturated heterocycles. The number of nitro benzene ring substituents is 1. The van der Waals surface area contributed by atoms with Gasteiger partial charge in [0.25, 0.3) is 11.6 Å². The van der Waals surface area contributed by atoms with Gasteiger partial charge in [0.2, 0.25) is 0 Å². The number of nitrogens with zero attached hydrogens (tertiary/aromatic N) is 5. The number of carbonyl (C=O) groups excluding carboxylic acids is 1. The van der Waals surface area contributed by atoms with Gasteiger partial charge >= 0.3 is 0 Å². The van der Waals surface area contributed by atoms with Crippen LogP contribution in [0.3, 0.4) is 0 Å². The average molecular weight is 411 g/mol. The summed E-state index contributed by atoms with van der Waals surface area (Å²) >= 11 is 1.16. The van der Waals surface area contributed by atoms with Crippen LogP contribution in [0.4, 0.5) is 5.69 Å². The number of hydrogen-bond donors (Lipinski definition) is 1. The highest BCUT2D eigenvalue weighted by molar-refractivity contribution is 7.99. The number of fused-ring (bicyclic) bond motifs is 1. The Balaban J connectivity index is 0.00000210. The molecule has 4 rings (SSSR count). The molecule has 2 aliphatic rings. The van der Waals surface area contributed by atoms with Crippen LogP contribution < -0.4 is 5.32 Å². The van der Waals surface area contributed by atoms with Crippen molar-refractivity contribution in [1.82, 2.24) is 25.0 Å². The van der Waals surface area contributed by atoms with E-state index in [0.717, 1.165) is 24.9 Å². The molecule has 144 valence electrons.